The first-order valence-electron chi connectivity index (χ1n) is 9.25. The van der Waals surface area contributed by atoms with Gasteiger partial charge in [-0.2, -0.15) is 0 Å². The van der Waals surface area contributed by atoms with Crippen LogP contribution < -0.4 is 18.9 Å². The third kappa shape index (κ3) is 3.98. The summed E-state index contributed by atoms with van der Waals surface area (Å²) in [6.45, 7) is 0.383. The quantitative estimate of drug-likeness (QED) is 0.487. The lowest BCUT2D eigenvalue weighted by Gasteiger charge is -2.10. The van der Waals surface area contributed by atoms with Gasteiger partial charge >= 0.3 is 0 Å². The highest BCUT2D eigenvalue weighted by molar-refractivity contribution is 6.30. The van der Waals surface area contributed by atoms with Gasteiger partial charge < -0.3 is 18.9 Å². The monoisotopic (exact) mass is 422 g/mol. The molecule has 1 aliphatic rings. The molecule has 1 heterocycles. The molecule has 3 aromatic rings. The molecule has 0 aromatic heterocycles. The molecule has 0 atom stereocenters. The summed E-state index contributed by atoms with van der Waals surface area (Å²) in [5.41, 5.74) is 2.16. The van der Waals surface area contributed by atoms with E-state index >= 15 is 0 Å². The van der Waals surface area contributed by atoms with Crippen molar-refractivity contribution >= 4 is 23.5 Å². The Morgan fingerprint density at radius 3 is 2.53 bits per heavy atom. The summed E-state index contributed by atoms with van der Waals surface area (Å²) in [5, 5.41) is 0.676. The van der Waals surface area contributed by atoms with Crippen LogP contribution in [0.25, 0.3) is 6.08 Å². The first kappa shape index (κ1) is 19.9. The standard InChI is InChI=1S/C24H19ClO5/c1-27-20-5-3-4-16(24(20)28-2)12-22-23(26)19-11-10-18(13-21(19)30-22)29-14-15-6-8-17(25)9-7-15/h3-13H,14H2,1-2H3/b22-12-. The summed E-state index contributed by atoms with van der Waals surface area (Å²) >= 11 is 5.90. The summed E-state index contributed by atoms with van der Waals surface area (Å²) in [5.74, 6) is 2.20. The molecule has 0 aliphatic carbocycles. The Hall–Kier alpha value is -3.44. The number of ether oxygens (including phenoxy) is 4. The van der Waals surface area contributed by atoms with E-state index in [1.165, 1.54) is 0 Å². The summed E-state index contributed by atoms with van der Waals surface area (Å²) < 4.78 is 22.4. The van der Waals surface area contributed by atoms with Gasteiger partial charge in [-0.25, -0.2) is 0 Å². The number of benzene rings is 3. The van der Waals surface area contributed by atoms with E-state index in [1.807, 2.05) is 36.4 Å². The van der Waals surface area contributed by atoms with E-state index in [0.717, 1.165) is 5.56 Å². The fourth-order valence-electron chi connectivity index (χ4n) is 3.17. The molecule has 30 heavy (non-hydrogen) atoms. The number of fused-ring (bicyclic) bond motifs is 1. The molecular weight excluding hydrogens is 404 g/mol. The van der Waals surface area contributed by atoms with Gasteiger partial charge in [0.2, 0.25) is 5.78 Å². The predicted molar refractivity (Wildman–Crippen MR) is 115 cm³/mol. The second-order valence-electron chi connectivity index (χ2n) is 6.60. The molecular formula is C24H19ClO5. The average Bonchev–Trinajstić information content (AvgIpc) is 3.07. The normalized spacial score (nSPS) is 13.7. The number of carbonyl (C=O) groups is 1. The van der Waals surface area contributed by atoms with E-state index in [1.54, 1.807) is 44.6 Å². The van der Waals surface area contributed by atoms with Crippen molar-refractivity contribution in [3.8, 4) is 23.0 Å². The summed E-state index contributed by atoms with van der Waals surface area (Å²) in [6.07, 6.45) is 1.65. The fraction of sp³-hybridized carbons (Fsp3) is 0.125. The van der Waals surface area contributed by atoms with Crippen molar-refractivity contribution in [2.24, 2.45) is 0 Å². The Kier molecular flexibility index (Phi) is 5.63. The second-order valence-corrected chi connectivity index (χ2v) is 7.03. The lowest BCUT2D eigenvalue weighted by atomic mass is 10.1. The highest BCUT2D eigenvalue weighted by atomic mass is 35.5. The van der Waals surface area contributed by atoms with E-state index in [2.05, 4.69) is 0 Å². The molecule has 0 bridgehead atoms. The third-order valence-electron chi connectivity index (χ3n) is 4.68. The zero-order chi connectivity index (χ0) is 21.1. The summed E-state index contributed by atoms with van der Waals surface area (Å²) in [4.78, 5) is 12.8. The SMILES string of the molecule is COc1cccc(/C=C2\Oc3cc(OCc4ccc(Cl)cc4)ccc3C2=O)c1OC. The van der Waals surface area contributed by atoms with Crippen LogP contribution in [0.2, 0.25) is 5.02 Å². The van der Waals surface area contributed by atoms with E-state index < -0.39 is 0 Å². The number of hydrogen-bond acceptors (Lipinski definition) is 5. The second kappa shape index (κ2) is 8.51. The number of hydrogen-bond donors (Lipinski definition) is 0. The Balaban J connectivity index is 1.54. The lowest BCUT2D eigenvalue weighted by molar-refractivity contribution is 0.101. The molecule has 6 heteroatoms. The van der Waals surface area contributed by atoms with Gasteiger partial charge in [0, 0.05) is 16.7 Å². The molecule has 1 aliphatic heterocycles. The molecule has 0 saturated heterocycles. The number of carbonyl (C=O) groups excluding carboxylic acids is 1. The summed E-state index contributed by atoms with van der Waals surface area (Å²) in [7, 11) is 3.11. The van der Waals surface area contributed by atoms with Crippen LogP contribution in [0.3, 0.4) is 0 Å². The summed E-state index contributed by atoms with van der Waals surface area (Å²) in [6, 6.07) is 18.0. The number of Topliss-reactive ketones (excluding diaryl/α,β-unsaturated/α-hetero) is 1. The zero-order valence-electron chi connectivity index (χ0n) is 16.5. The molecule has 0 N–H and O–H groups in total. The minimum atomic E-state index is -0.195. The van der Waals surface area contributed by atoms with Crippen molar-refractivity contribution in [1.82, 2.24) is 0 Å². The van der Waals surface area contributed by atoms with E-state index in [4.69, 9.17) is 30.5 Å². The number of methoxy groups -OCH3 is 2. The van der Waals surface area contributed by atoms with Gasteiger partial charge in [0.15, 0.2) is 17.3 Å². The van der Waals surface area contributed by atoms with E-state index in [-0.39, 0.29) is 11.5 Å². The highest BCUT2D eigenvalue weighted by Gasteiger charge is 2.28. The van der Waals surface area contributed by atoms with Crippen molar-refractivity contribution in [2.75, 3.05) is 14.2 Å². The van der Waals surface area contributed by atoms with Crippen LogP contribution in [-0.4, -0.2) is 20.0 Å². The number of halogens is 1. The van der Waals surface area contributed by atoms with Crippen LogP contribution in [0.1, 0.15) is 21.5 Å². The maximum Gasteiger partial charge on any atom is 0.231 e. The Bertz CT molecular complexity index is 1120. The average molecular weight is 423 g/mol. The predicted octanol–water partition coefficient (Wildman–Crippen LogP) is 5.55. The molecule has 0 unspecified atom stereocenters. The Morgan fingerprint density at radius 2 is 1.80 bits per heavy atom. The molecule has 0 amide bonds. The Labute approximate surface area is 179 Å². The van der Waals surface area contributed by atoms with Crippen molar-refractivity contribution < 1.29 is 23.7 Å². The van der Waals surface area contributed by atoms with Gasteiger partial charge in [-0.15, -0.1) is 0 Å². The zero-order valence-corrected chi connectivity index (χ0v) is 17.2. The molecule has 5 nitrogen and oxygen atoms in total. The van der Waals surface area contributed by atoms with E-state index in [9.17, 15) is 4.79 Å². The van der Waals surface area contributed by atoms with Crippen LogP contribution in [0, 0.1) is 0 Å². The van der Waals surface area contributed by atoms with Crippen LogP contribution >= 0.6 is 11.6 Å². The van der Waals surface area contributed by atoms with Crippen molar-refractivity contribution in [3.05, 3.63) is 88.1 Å². The number of para-hydroxylation sites is 1. The van der Waals surface area contributed by atoms with Crippen LogP contribution in [0.5, 0.6) is 23.0 Å². The molecule has 0 saturated carbocycles. The topological polar surface area (TPSA) is 54.0 Å². The van der Waals surface area contributed by atoms with Gasteiger partial charge in [0.1, 0.15) is 18.1 Å². The molecule has 152 valence electrons. The lowest BCUT2D eigenvalue weighted by Crippen LogP contribution is -1.99. The number of rotatable bonds is 6. The molecule has 0 spiro atoms. The minimum Gasteiger partial charge on any atom is -0.493 e. The van der Waals surface area contributed by atoms with Crippen molar-refractivity contribution in [2.45, 2.75) is 6.61 Å². The van der Waals surface area contributed by atoms with Crippen LogP contribution in [0.15, 0.2) is 66.4 Å². The maximum absolute atomic E-state index is 12.8. The molecule has 4 rings (SSSR count). The smallest absolute Gasteiger partial charge is 0.231 e. The first-order chi connectivity index (χ1) is 14.6. The number of allylic oxidation sites excluding steroid dienone is 1. The Morgan fingerprint density at radius 1 is 1.00 bits per heavy atom. The van der Waals surface area contributed by atoms with Gasteiger partial charge in [0.05, 0.1) is 19.8 Å². The highest BCUT2D eigenvalue weighted by Crippen LogP contribution is 2.37. The third-order valence-corrected chi connectivity index (χ3v) is 4.93. The first-order valence-corrected chi connectivity index (χ1v) is 9.63. The van der Waals surface area contributed by atoms with Gasteiger partial charge in [-0.1, -0.05) is 35.9 Å². The molecule has 0 radical (unpaired) electrons. The van der Waals surface area contributed by atoms with Crippen LogP contribution in [-0.2, 0) is 6.61 Å². The van der Waals surface area contributed by atoms with Gasteiger partial charge in [-0.05, 0) is 42.0 Å². The van der Waals surface area contributed by atoms with Crippen molar-refractivity contribution in [3.63, 3.8) is 0 Å². The minimum absolute atomic E-state index is 0.195. The van der Waals surface area contributed by atoms with Crippen LogP contribution in [0.4, 0.5) is 0 Å². The molecule has 3 aromatic carbocycles. The van der Waals surface area contributed by atoms with Gasteiger partial charge in [0.25, 0.3) is 0 Å². The van der Waals surface area contributed by atoms with Crippen molar-refractivity contribution in [1.29, 1.82) is 0 Å². The van der Waals surface area contributed by atoms with E-state index in [0.29, 0.717) is 45.8 Å². The fourth-order valence-corrected chi connectivity index (χ4v) is 3.30. The maximum atomic E-state index is 12.8. The van der Waals surface area contributed by atoms with Gasteiger partial charge in [-0.3, -0.25) is 4.79 Å². The largest absolute Gasteiger partial charge is 0.493 e. The number of ketones is 1. The molecule has 0 fully saturated rings.